The minimum Gasteiger partial charge on any atom is -0.404 e. The van der Waals surface area contributed by atoms with Crippen molar-refractivity contribution in [3.8, 4) is 5.75 Å². The van der Waals surface area contributed by atoms with E-state index in [4.69, 9.17) is 4.74 Å². The molecule has 0 unspecified atom stereocenters. The number of benzene rings is 1. The van der Waals surface area contributed by atoms with Crippen molar-refractivity contribution in [1.82, 2.24) is 5.32 Å². The summed E-state index contributed by atoms with van der Waals surface area (Å²) < 4.78 is 46.1. The lowest BCUT2D eigenvalue weighted by molar-refractivity contribution is -0.274. The molecule has 2 N–H and O–H groups in total. The summed E-state index contributed by atoms with van der Waals surface area (Å²) in [6.07, 6.45) is -1.73. The number of hydrogen-bond acceptors (Lipinski definition) is 3. The van der Waals surface area contributed by atoms with Crippen LogP contribution in [0, 0.1) is 5.92 Å². The lowest BCUT2D eigenvalue weighted by Crippen LogP contribution is -2.30. The topological polar surface area (TPSA) is 59.6 Å². The Kier molecular flexibility index (Phi) is 6.09. The summed E-state index contributed by atoms with van der Waals surface area (Å²) >= 11 is 0. The van der Waals surface area contributed by atoms with E-state index in [2.05, 4.69) is 15.4 Å². The second-order valence-electron chi connectivity index (χ2n) is 5.30. The predicted molar refractivity (Wildman–Crippen MR) is 78.3 cm³/mol. The maximum Gasteiger partial charge on any atom is 0.573 e. The van der Waals surface area contributed by atoms with Crippen LogP contribution in [-0.2, 0) is 4.74 Å². The van der Waals surface area contributed by atoms with Gasteiger partial charge in [0.2, 0.25) is 0 Å². The zero-order valence-electron chi connectivity index (χ0n) is 12.5. The molecule has 1 saturated carbocycles. The van der Waals surface area contributed by atoms with E-state index in [-0.39, 0.29) is 5.69 Å². The van der Waals surface area contributed by atoms with E-state index in [0.29, 0.717) is 25.5 Å². The number of amides is 2. The van der Waals surface area contributed by atoms with Gasteiger partial charge in [0.05, 0.1) is 5.69 Å². The second kappa shape index (κ2) is 8.05. The number of nitrogens with one attached hydrogen (secondary N) is 2. The third-order valence-corrected chi connectivity index (χ3v) is 3.16. The predicted octanol–water partition coefficient (Wildman–Crippen LogP) is 3.52. The molecule has 0 radical (unpaired) electrons. The number of carbonyl (C=O) groups is 1. The highest BCUT2D eigenvalue weighted by molar-refractivity contribution is 5.90. The number of alkyl halides is 3. The van der Waals surface area contributed by atoms with Gasteiger partial charge in [-0.25, -0.2) is 4.79 Å². The number of hydrogen-bond donors (Lipinski definition) is 2. The Labute approximate surface area is 132 Å². The Hall–Kier alpha value is -1.96. The minimum atomic E-state index is -4.81. The van der Waals surface area contributed by atoms with Crippen LogP contribution in [-0.4, -0.2) is 32.2 Å². The van der Waals surface area contributed by atoms with Crippen molar-refractivity contribution in [2.45, 2.75) is 25.6 Å². The van der Waals surface area contributed by atoms with Gasteiger partial charge in [-0.3, -0.25) is 0 Å². The summed E-state index contributed by atoms with van der Waals surface area (Å²) in [6.45, 7) is 1.68. The SMILES string of the molecule is O=C(NCCCOCC1CC1)Nc1ccccc1OC(F)(F)F. The molecule has 2 rings (SSSR count). The zero-order valence-corrected chi connectivity index (χ0v) is 12.5. The number of ether oxygens (including phenoxy) is 2. The summed E-state index contributed by atoms with van der Waals surface area (Å²) in [6, 6.07) is 4.77. The monoisotopic (exact) mass is 332 g/mol. The highest BCUT2D eigenvalue weighted by atomic mass is 19.4. The van der Waals surface area contributed by atoms with Crippen LogP contribution in [0.15, 0.2) is 24.3 Å². The largest absolute Gasteiger partial charge is 0.573 e. The molecule has 0 bridgehead atoms. The van der Waals surface area contributed by atoms with Gasteiger partial charge in [0.1, 0.15) is 0 Å². The molecule has 0 spiro atoms. The first-order chi connectivity index (χ1) is 10.9. The average molecular weight is 332 g/mol. The molecule has 0 heterocycles. The van der Waals surface area contributed by atoms with E-state index >= 15 is 0 Å². The molecule has 0 atom stereocenters. The Morgan fingerprint density at radius 1 is 1.26 bits per heavy atom. The first-order valence-electron chi connectivity index (χ1n) is 7.41. The fourth-order valence-corrected chi connectivity index (χ4v) is 1.86. The highest BCUT2D eigenvalue weighted by Gasteiger charge is 2.32. The van der Waals surface area contributed by atoms with Gasteiger partial charge in [0.25, 0.3) is 0 Å². The van der Waals surface area contributed by atoms with Crippen LogP contribution < -0.4 is 15.4 Å². The molecule has 1 aromatic rings. The van der Waals surface area contributed by atoms with E-state index in [1.54, 1.807) is 0 Å². The lowest BCUT2D eigenvalue weighted by atomic mass is 10.3. The van der Waals surface area contributed by atoms with E-state index in [9.17, 15) is 18.0 Å². The fraction of sp³-hybridized carbons (Fsp3) is 0.533. The van der Waals surface area contributed by atoms with Gasteiger partial charge in [-0.15, -0.1) is 13.2 Å². The molecule has 5 nitrogen and oxygen atoms in total. The van der Waals surface area contributed by atoms with Gasteiger partial charge in [0.15, 0.2) is 5.75 Å². The van der Waals surface area contributed by atoms with Crippen molar-refractivity contribution >= 4 is 11.7 Å². The summed E-state index contributed by atoms with van der Waals surface area (Å²) in [4.78, 5) is 11.7. The van der Waals surface area contributed by atoms with Gasteiger partial charge >= 0.3 is 12.4 Å². The molecule has 0 aromatic heterocycles. The van der Waals surface area contributed by atoms with Crippen molar-refractivity contribution in [3.05, 3.63) is 24.3 Å². The molecule has 8 heteroatoms. The quantitative estimate of drug-likeness (QED) is 0.716. The van der Waals surface area contributed by atoms with Gasteiger partial charge in [-0.2, -0.15) is 0 Å². The zero-order chi connectivity index (χ0) is 16.7. The molecule has 1 fully saturated rings. The smallest absolute Gasteiger partial charge is 0.404 e. The van der Waals surface area contributed by atoms with Crippen molar-refractivity contribution in [2.75, 3.05) is 25.1 Å². The van der Waals surface area contributed by atoms with E-state index < -0.39 is 18.1 Å². The van der Waals surface area contributed by atoms with E-state index in [0.717, 1.165) is 12.7 Å². The molecule has 23 heavy (non-hydrogen) atoms. The van der Waals surface area contributed by atoms with Crippen molar-refractivity contribution in [2.24, 2.45) is 5.92 Å². The average Bonchev–Trinajstić information content (AvgIpc) is 3.27. The van der Waals surface area contributed by atoms with Crippen molar-refractivity contribution in [3.63, 3.8) is 0 Å². The normalized spacial score (nSPS) is 14.4. The number of rotatable bonds is 8. The maximum absolute atomic E-state index is 12.3. The fourth-order valence-electron chi connectivity index (χ4n) is 1.86. The first kappa shape index (κ1) is 17.4. The number of halogens is 3. The lowest BCUT2D eigenvalue weighted by Gasteiger charge is -2.14. The molecular formula is C15H19F3N2O3. The Balaban J connectivity index is 1.69. The van der Waals surface area contributed by atoms with E-state index in [1.807, 2.05) is 0 Å². The van der Waals surface area contributed by atoms with Crippen LogP contribution in [0.3, 0.4) is 0 Å². The number of urea groups is 1. The Morgan fingerprint density at radius 3 is 2.70 bits per heavy atom. The molecule has 1 aliphatic carbocycles. The summed E-state index contributed by atoms with van der Waals surface area (Å²) in [7, 11) is 0. The molecule has 128 valence electrons. The van der Waals surface area contributed by atoms with Gasteiger partial charge < -0.3 is 20.1 Å². The standard InChI is InChI=1S/C15H19F3N2O3/c16-15(17,18)23-13-5-2-1-4-12(13)20-14(21)19-8-3-9-22-10-11-6-7-11/h1-2,4-5,11H,3,6-10H2,(H2,19,20,21). The molecule has 0 saturated heterocycles. The third-order valence-electron chi connectivity index (χ3n) is 3.16. The number of carbonyl (C=O) groups excluding carboxylic acids is 1. The molecule has 1 aliphatic rings. The summed E-state index contributed by atoms with van der Waals surface area (Å²) in [5, 5.41) is 4.89. The molecule has 0 aliphatic heterocycles. The number of para-hydroxylation sites is 2. The van der Waals surface area contributed by atoms with Crippen LogP contribution >= 0.6 is 0 Å². The highest BCUT2D eigenvalue weighted by Crippen LogP contribution is 2.30. The Morgan fingerprint density at radius 2 is 2.00 bits per heavy atom. The summed E-state index contributed by atoms with van der Waals surface area (Å²) in [5.41, 5.74) is -0.0488. The van der Waals surface area contributed by atoms with Gasteiger partial charge in [-0.05, 0) is 37.3 Å². The van der Waals surface area contributed by atoms with Crippen LogP contribution in [0.4, 0.5) is 23.7 Å². The minimum absolute atomic E-state index is 0.0488. The van der Waals surface area contributed by atoms with Gasteiger partial charge in [-0.1, -0.05) is 12.1 Å². The third kappa shape index (κ3) is 7.23. The number of anilines is 1. The van der Waals surface area contributed by atoms with Crippen molar-refractivity contribution in [1.29, 1.82) is 0 Å². The van der Waals surface area contributed by atoms with Crippen LogP contribution in [0.1, 0.15) is 19.3 Å². The van der Waals surface area contributed by atoms with E-state index in [1.165, 1.54) is 31.0 Å². The summed E-state index contributed by atoms with van der Waals surface area (Å²) in [5.74, 6) is 0.235. The molecule has 1 aromatic carbocycles. The Bertz CT molecular complexity index is 519. The second-order valence-corrected chi connectivity index (χ2v) is 5.30. The van der Waals surface area contributed by atoms with Crippen molar-refractivity contribution < 1.29 is 27.4 Å². The molecule has 2 amide bonds. The maximum atomic E-state index is 12.3. The van der Waals surface area contributed by atoms with Crippen LogP contribution in [0.25, 0.3) is 0 Å². The van der Waals surface area contributed by atoms with Gasteiger partial charge in [0, 0.05) is 19.8 Å². The first-order valence-corrected chi connectivity index (χ1v) is 7.41. The van der Waals surface area contributed by atoms with Crippen LogP contribution in [0.5, 0.6) is 5.75 Å². The molecular weight excluding hydrogens is 313 g/mol. The van der Waals surface area contributed by atoms with Crippen LogP contribution in [0.2, 0.25) is 0 Å².